The first-order valence-corrected chi connectivity index (χ1v) is 8.15. The summed E-state index contributed by atoms with van der Waals surface area (Å²) in [6.07, 6.45) is 2.43. The van der Waals surface area contributed by atoms with Crippen LogP contribution in [-0.4, -0.2) is 12.5 Å². The van der Waals surface area contributed by atoms with Crippen molar-refractivity contribution in [1.29, 1.82) is 0 Å². The molecule has 1 saturated carbocycles. The first-order valence-electron chi connectivity index (χ1n) is 7.35. The monoisotopic (exact) mass is 361 g/mol. The summed E-state index contributed by atoms with van der Waals surface area (Å²) >= 11 is 3.46. The molecule has 0 unspecified atom stereocenters. The molecule has 1 aliphatic carbocycles. The van der Waals surface area contributed by atoms with Crippen LogP contribution < -0.4 is 5.32 Å². The van der Waals surface area contributed by atoms with Crippen LogP contribution in [-0.2, 0) is 16.6 Å². The number of rotatable bonds is 5. The zero-order valence-electron chi connectivity index (χ0n) is 12.1. The molecular formula is C18H17BrFNO. The van der Waals surface area contributed by atoms with Crippen molar-refractivity contribution < 1.29 is 9.18 Å². The summed E-state index contributed by atoms with van der Waals surface area (Å²) in [4.78, 5) is 12.1. The molecule has 114 valence electrons. The van der Waals surface area contributed by atoms with Crippen LogP contribution in [0.3, 0.4) is 0 Å². The van der Waals surface area contributed by atoms with E-state index in [1.807, 2.05) is 36.4 Å². The van der Waals surface area contributed by atoms with E-state index in [9.17, 15) is 9.18 Å². The summed E-state index contributed by atoms with van der Waals surface area (Å²) in [6, 6.07) is 14.3. The van der Waals surface area contributed by atoms with Crippen molar-refractivity contribution in [3.05, 3.63) is 69.9 Å². The number of nitrogens with one attached hydrogen (secondary N) is 1. The largest absolute Gasteiger partial charge is 0.355 e. The van der Waals surface area contributed by atoms with Gasteiger partial charge < -0.3 is 5.32 Å². The van der Waals surface area contributed by atoms with Gasteiger partial charge in [-0.15, -0.1) is 0 Å². The lowest BCUT2D eigenvalue weighted by Gasteiger charge is -2.17. The lowest BCUT2D eigenvalue weighted by molar-refractivity contribution is -0.120. The first kappa shape index (κ1) is 15.2. The van der Waals surface area contributed by atoms with E-state index < -0.39 is 0 Å². The molecule has 2 nitrogen and oxygen atoms in total. The summed E-state index contributed by atoms with van der Waals surface area (Å²) in [5.74, 6) is -0.210. The Bertz CT molecular complexity index is 680. The van der Waals surface area contributed by atoms with Gasteiger partial charge >= 0.3 is 0 Å². The third-order valence-corrected chi connectivity index (χ3v) is 5.02. The van der Waals surface area contributed by atoms with Crippen molar-refractivity contribution in [2.45, 2.75) is 24.7 Å². The smallest absolute Gasteiger partial charge is 0.224 e. The minimum absolute atomic E-state index is 0.00270. The molecular weight excluding hydrogens is 345 g/mol. The summed E-state index contributed by atoms with van der Waals surface area (Å²) in [7, 11) is 0. The molecule has 0 aromatic heterocycles. The molecule has 0 spiro atoms. The van der Waals surface area contributed by atoms with E-state index >= 15 is 0 Å². The fourth-order valence-corrected chi connectivity index (χ4v) is 3.09. The number of hydrogen-bond donors (Lipinski definition) is 1. The highest BCUT2D eigenvalue weighted by Gasteiger charge is 2.44. The third kappa shape index (κ3) is 3.38. The number of halogens is 2. The van der Waals surface area contributed by atoms with Crippen LogP contribution in [0.15, 0.2) is 53.0 Å². The van der Waals surface area contributed by atoms with Crippen LogP contribution in [0.4, 0.5) is 4.39 Å². The van der Waals surface area contributed by atoms with Gasteiger partial charge in [-0.25, -0.2) is 4.39 Å². The van der Waals surface area contributed by atoms with Gasteiger partial charge in [-0.2, -0.15) is 0 Å². The predicted octanol–water partition coefficient (Wildman–Crippen LogP) is 3.98. The fraction of sp³-hybridized carbons (Fsp3) is 0.278. The number of carbonyl (C=O) groups is 1. The normalized spacial score (nSPS) is 15.4. The van der Waals surface area contributed by atoms with Gasteiger partial charge in [0.15, 0.2) is 0 Å². The lowest BCUT2D eigenvalue weighted by Crippen LogP contribution is -2.33. The van der Waals surface area contributed by atoms with Crippen molar-refractivity contribution in [2.75, 3.05) is 6.54 Å². The number of hydrogen-bond acceptors (Lipinski definition) is 1. The number of amides is 1. The molecule has 22 heavy (non-hydrogen) atoms. The highest BCUT2D eigenvalue weighted by molar-refractivity contribution is 9.10. The van der Waals surface area contributed by atoms with E-state index in [-0.39, 0.29) is 17.1 Å². The van der Waals surface area contributed by atoms with Gasteiger partial charge in [0.1, 0.15) is 5.82 Å². The molecule has 0 aliphatic heterocycles. The van der Waals surface area contributed by atoms with Gasteiger partial charge in [0, 0.05) is 16.4 Å². The zero-order chi connectivity index (χ0) is 15.6. The van der Waals surface area contributed by atoms with Crippen LogP contribution in [0.25, 0.3) is 0 Å². The molecule has 0 atom stereocenters. The topological polar surface area (TPSA) is 29.1 Å². The minimum Gasteiger partial charge on any atom is -0.355 e. The summed E-state index contributed by atoms with van der Waals surface area (Å²) in [5, 5.41) is 3.02. The Morgan fingerprint density at radius 3 is 2.45 bits per heavy atom. The molecule has 2 aromatic rings. The molecule has 1 amide bonds. The maximum Gasteiger partial charge on any atom is 0.224 e. The van der Waals surface area contributed by atoms with E-state index in [4.69, 9.17) is 0 Å². The van der Waals surface area contributed by atoms with Gasteiger partial charge in [-0.1, -0.05) is 46.3 Å². The third-order valence-electron chi connectivity index (χ3n) is 4.24. The van der Waals surface area contributed by atoms with Crippen LogP contribution in [0.1, 0.15) is 24.0 Å². The quantitative estimate of drug-likeness (QED) is 0.857. The summed E-state index contributed by atoms with van der Waals surface area (Å²) in [6.45, 7) is 0.613. The van der Waals surface area contributed by atoms with Crippen molar-refractivity contribution in [3.8, 4) is 0 Å². The summed E-state index contributed by atoms with van der Waals surface area (Å²) in [5.41, 5.74) is 2.08. The Morgan fingerprint density at radius 2 is 1.82 bits per heavy atom. The van der Waals surface area contributed by atoms with E-state index in [0.717, 1.165) is 28.4 Å². The molecule has 1 N–H and O–H groups in total. The second-order valence-corrected chi connectivity index (χ2v) is 6.69. The molecule has 0 bridgehead atoms. The predicted molar refractivity (Wildman–Crippen MR) is 88.2 cm³/mol. The first-order chi connectivity index (χ1) is 10.6. The Morgan fingerprint density at radius 1 is 1.14 bits per heavy atom. The van der Waals surface area contributed by atoms with E-state index in [1.54, 1.807) is 0 Å². The Kier molecular flexibility index (Phi) is 4.30. The van der Waals surface area contributed by atoms with Crippen LogP contribution in [0, 0.1) is 5.82 Å². The molecule has 1 fully saturated rings. The molecule has 0 radical (unpaired) electrons. The average Bonchev–Trinajstić information content (AvgIpc) is 3.29. The Balaban J connectivity index is 1.59. The fourth-order valence-electron chi connectivity index (χ4n) is 2.67. The SMILES string of the molecule is O=C(Cc1ccccc1Br)NCC1(c2ccc(F)cc2)CC1. The van der Waals surface area contributed by atoms with Crippen LogP contribution >= 0.6 is 15.9 Å². The Hall–Kier alpha value is -1.68. The van der Waals surface area contributed by atoms with Gasteiger partial charge in [-0.05, 0) is 42.2 Å². The number of benzene rings is 2. The molecule has 3 rings (SSSR count). The zero-order valence-corrected chi connectivity index (χ0v) is 13.7. The Labute approximate surface area is 137 Å². The van der Waals surface area contributed by atoms with Crippen LogP contribution in [0.5, 0.6) is 0 Å². The van der Waals surface area contributed by atoms with Gasteiger partial charge in [-0.3, -0.25) is 4.79 Å². The summed E-state index contributed by atoms with van der Waals surface area (Å²) < 4.78 is 14.0. The second kappa shape index (κ2) is 6.21. The second-order valence-electron chi connectivity index (χ2n) is 5.83. The van der Waals surface area contributed by atoms with Gasteiger partial charge in [0.25, 0.3) is 0 Å². The van der Waals surface area contributed by atoms with Crippen molar-refractivity contribution in [3.63, 3.8) is 0 Å². The maximum absolute atomic E-state index is 13.0. The highest BCUT2D eigenvalue weighted by Crippen LogP contribution is 2.47. The van der Waals surface area contributed by atoms with Gasteiger partial charge in [0.05, 0.1) is 6.42 Å². The molecule has 0 heterocycles. The molecule has 2 aromatic carbocycles. The number of carbonyl (C=O) groups excluding carboxylic acids is 1. The minimum atomic E-state index is -0.225. The average molecular weight is 362 g/mol. The van der Waals surface area contributed by atoms with Crippen LogP contribution in [0.2, 0.25) is 0 Å². The molecule has 0 saturated heterocycles. The highest BCUT2D eigenvalue weighted by atomic mass is 79.9. The molecule has 4 heteroatoms. The lowest BCUT2D eigenvalue weighted by atomic mass is 9.96. The van der Waals surface area contributed by atoms with E-state index in [2.05, 4.69) is 21.2 Å². The van der Waals surface area contributed by atoms with Crippen molar-refractivity contribution in [2.24, 2.45) is 0 Å². The van der Waals surface area contributed by atoms with E-state index in [0.29, 0.717) is 13.0 Å². The van der Waals surface area contributed by atoms with Crippen molar-refractivity contribution in [1.82, 2.24) is 5.32 Å². The van der Waals surface area contributed by atoms with Gasteiger partial charge in [0.2, 0.25) is 5.91 Å². The maximum atomic E-state index is 13.0. The molecule has 1 aliphatic rings. The van der Waals surface area contributed by atoms with E-state index in [1.165, 1.54) is 12.1 Å². The standard InChI is InChI=1S/C18H17BrFNO/c19-16-4-2-1-3-13(16)11-17(22)21-12-18(9-10-18)14-5-7-15(20)8-6-14/h1-8H,9-12H2,(H,21,22). The van der Waals surface area contributed by atoms with Crippen molar-refractivity contribution >= 4 is 21.8 Å².